The van der Waals surface area contributed by atoms with Gasteiger partial charge in [0.15, 0.2) is 0 Å². The van der Waals surface area contributed by atoms with Crippen molar-refractivity contribution < 1.29 is 14.6 Å². The second-order valence-electron chi connectivity index (χ2n) is 6.69. The summed E-state index contributed by atoms with van der Waals surface area (Å²) in [4.78, 5) is 0. The molecule has 0 aliphatic carbocycles. The van der Waals surface area contributed by atoms with Crippen molar-refractivity contribution in [3.8, 4) is 11.5 Å². The molecule has 0 bridgehead atoms. The number of benzene rings is 4. The van der Waals surface area contributed by atoms with Crippen LogP contribution in [-0.2, 0) is 6.61 Å². The Balaban J connectivity index is 1.71. The van der Waals surface area contributed by atoms with E-state index >= 15 is 0 Å². The summed E-state index contributed by atoms with van der Waals surface area (Å²) in [5, 5.41) is 13.2. The summed E-state index contributed by atoms with van der Waals surface area (Å²) in [6.45, 7) is 0.446. The van der Waals surface area contributed by atoms with Crippen LogP contribution in [0.15, 0.2) is 91.0 Å². The van der Waals surface area contributed by atoms with Crippen molar-refractivity contribution in [3.05, 3.63) is 108 Å². The van der Waals surface area contributed by atoms with Crippen LogP contribution in [0.4, 0.5) is 0 Å². The summed E-state index contributed by atoms with van der Waals surface area (Å²) < 4.78 is 11.4. The van der Waals surface area contributed by atoms with E-state index in [1.54, 1.807) is 7.11 Å². The van der Waals surface area contributed by atoms with E-state index in [9.17, 15) is 5.11 Å². The average molecular weight is 370 g/mol. The SMILES string of the molecule is COc1ccc(C(O)c2cc3ccccc3cc2OCc2ccccc2)cc1. The van der Waals surface area contributed by atoms with Crippen molar-refractivity contribution in [3.63, 3.8) is 0 Å². The highest BCUT2D eigenvalue weighted by Gasteiger charge is 2.17. The second kappa shape index (κ2) is 8.15. The minimum absolute atomic E-state index is 0.446. The third-order valence-corrected chi connectivity index (χ3v) is 4.84. The molecular weight excluding hydrogens is 348 g/mol. The number of aliphatic hydroxyl groups is 1. The molecule has 4 aromatic carbocycles. The molecule has 4 rings (SSSR count). The molecule has 0 fully saturated rings. The minimum atomic E-state index is -0.790. The Bertz CT molecular complexity index is 1060. The second-order valence-corrected chi connectivity index (χ2v) is 6.69. The highest BCUT2D eigenvalue weighted by atomic mass is 16.5. The molecule has 4 aromatic rings. The van der Waals surface area contributed by atoms with Gasteiger partial charge in [0.1, 0.15) is 24.2 Å². The number of hydrogen-bond acceptors (Lipinski definition) is 3. The number of rotatable bonds is 6. The first-order chi connectivity index (χ1) is 13.7. The molecule has 0 heterocycles. The topological polar surface area (TPSA) is 38.7 Å². The summed E-state index contributed by atoms with van der Waals surface area (Å²) in [6.07, 6.45) is -0.790. The number of hydrogen-bond donors (Lipinski definition) is 1. The molecule has 0 saturated heterocycles. The summed E-state index contributed by atoms with van der Waals surface area (Å²) in [5.41, 5.74) is 2.63. The van der Waals surface area contributed by atoms with E-state index in [0.717, 1.165) is 33.2 Å². The van der Waals surface area contributed by atoms with Gasteiger partial charge in [0.25, 0.3) is 0 Å². The van der Waals surface area contributed by atoms with Crippen molar-refractivity contribution in [2.75, 3.05) is 7.11 Å². The molecular formula is C25H22O3. The van der Waals surface area contributed by atoms with Crippen LogP contribution in [0.5, 0.6) is 11.5 Å². The van der Waals surface area contributed by atoms with Gasteiger partial charge in [-0.15, -0.1) is 0 Å². The molecule has 0 spiro atoms. The standard InChI is InChI=1S/C25H22O3/c1-27-22-13-11-19(12-14-22)25(26)23-15-20-9-5-6-10-21(20)16-24(23)28-17-18-7-3-2-4-8-18/h2-16,25-26H,17H2,1H3. The maximum atomic E-state index is 11.1. The van der Waals surface area contributed by atoms with Gasteiger partial charge in [-0.25, -0.2) is 0 Å². The van der Waals surface area contributed by atoms with Crippen LogP contribution in [-0.4, -0.2) is 12.2 Å². The molecule has 0 aliphatic rings. The van der Waals surface area contributed by atoms with Crippen molar-refractivity contribution in [1.82, 2.24) is 0 Å². The van der Waals surface area contributed by atoms with E-state index in [2.05, 4.69) is 0 Å². The maximum absolute atomic E-state index is 11.1. The van der Waals surface area contributed by atoms with Crippen molar-refractivity contribution in [2.45, 2.75) is 12.7 Å². The predicted octanol–water partition coefficient (Wildman–Crippen LogP) is 5.51. The van der Waals surface area contributed by atoms with Crippen LogP contribution >= 0.6 is 0 Å². The molecule has 0 aliphatic heterocycles. The summed E-state index contributed by atoms with van der Waals surface area (Å²) in [7, 11) is 1.63. The third kappa shape index (κ3) is 3.85. The van der Waals surface area contributed by atoms with Gasteiger partial charge in [-0.05, 0) is 46.2 Å². The van der Waals surface area contributed by atoms with Gasteiger partial charge in [-0.3, -0.25) is 0 Å². The zero-order valence-corrected chi connectivity index (χ0v) is 15.7. The fourth-order valence-electron chi connectivity index (χ4n) is 3.28. The number of fused-ring (bicyclic) bond motifs is 1. The van der Waals surface area contributed by atoms with Crippen LogP contribution in [0.1, 0.15) is 22.8 Å². The first-order valence-corrected chi connectivity index (χ1v) is 9.26. The third-order valence-electron chi connectivity index (χ3n) is 4.84. The summed E-state index contributed by atoms with van der Waals surface area (Å²) in [6, 6.07) is 29.6. The first kappa shape index (κ1) is 18.1. The fraction of sp³-hybridized carbons (Fsp3) is 0.120. The van der Waals surface area contributed by atoms with Gasteiger partial charge in [0.2, 0.25) is 0 Å². The lowest BCUT2D eigenvalue weighted by Gasteiger charge is -2.18. The van der Waals surface area contributed by atoms with Gasteiger partial charge in [0.05, 0.1) is 7.11 Å². The zero-order chi connectivity index (χ0) is 19.3. The van der Waals surface area contributed by atoms with Gasteiger partial charge < -0.3 is 14.6 Å². The molecule has 1 atom stereocenters. The number of ether oxygens (including phenoxy) is 2. The monoisotopic (exact) mass is 370 g/mol. The lowest BCUT2D eigenvalue weighted by Crippen LogP contribution is -2.05. The number of aliphatic hydroxyl groups excluding tert-OH is 1. The average Bonchev–Trinajstić information content (AvgIpc) is 2.77. The summed E-state index contributed by atoms with van der Waals surface area (Å²) >= 11 is 0. The van der Waals surface area contributed by atoms with Crippen molar-refractivity contribution in [2.24, 2.45) is 0 Å². The molecule has 3 nitrogen and oxygen atoms in total. The van der Waals surface area contributed by atoms with Gasteiger partial charge in [-0.1, -0.05) is 66.7 Å². The van der Waals surface area contributed by atoms with Gasteiger partial charge in [-0.2, -0.15) is 0 Å². The Labute approximate surface area is 164 Å². The normalized spacial score (nSPS) is 11.9. The van der Waals surface area contributed by atoms with Crippen LogP contribution in [0, 0.1) is 0 Å². The largest absolute Gasteiger partial charge is 0.497 e. The molecule has 0 aromatic heterocycles. The van der Waals surface area contributed by atoms with Crippen LogP contribution in [0.2, 0.25) is 0 Å². The quantitative estimate of drug-likeness (QED) is 0.486. The van der Waals surface area contributed by atoms with Crippen LogP contribution < -0.4 is 9.47 Å². The zero-order valence-electron chi connectivity index (χ0n) is 15.7. The van der Waals surface area contributed by atoms with E-state index in [-0.39, 0.29) is 0 Å². The van der Waals surface area contributed by atoms with Crippen LogP contribution in [0.25, 0.3) is 10.8 Å². The molecule has 0 saturated carbocycles. The van der Waals surface area contributed by atoms with Gasteiger partial charge >= 0.3 is 0 Å². The molecule has 28 heavy (non-hydrogen) atoms. The Morgan fingerprint density at radius 2 is 1.43 bits per heavy atom. The van der Waals surface area contributed by atoms with Crippen LogP contribution in [0.3, 0.4) is 0 Å². The Kier molecular flexibility index (Phi) is 5.27. The maximum Gasteiger partial charge on any atom is 0.126 e. The van der Waals surface area contributed by atoms with E-state index < -0.39 is 6.10 Å². The lowest BCUT2D eigenvalue weighted by atomic mass is 9.97. The fourth-order valence-corrected chi connectivity index (χ4v) is 3.28. The number of methoxy groups -OCH3 is 1. The first-order valence-electron chi connectivity index (χ1n) is 9.26. The summed E-state index contributed by atoms with van der Waals surface area (Å²) in [5.74, 6) is 1.45. The Morgan fingerprint density at radius 1 is 0.786 bits per heavy atom. The molecule has 140 valence electrons. The molecule has 1 N–H and O–H groups in total. The molecule has 0 amide bonds. The molecule has 1 unspecified atom stereocenters. The Morgan fingerprint density at radius 3 is 2.11 bits per heavy atom. The molecule has 0 radical (unpaired) electrons. The van der Waals surface area contributed by atoms with E-state index in [4.69, 9.17) is 9.47 Å². The van der Waals surface area contributed by atoms with Gasteiger partial charge in [0, 0.05) is 5.56 Å². The Hall–Kier alpha value is -3.30. The van der Waals surface area contributed by atoms with Crippen molar-refractivity contribution in [1.29, 1.82) is 0 Å². The van der Waals surface area contributed by atoms with E-state index in [1.807, 2.05) is 91.0 Å². The van der Waals surface area contributed by atoms with Crippen molar-refractivity contribution >= 4 is 10.8 Å². The predicted molar refractivity (Wildman–Crippen MR) is 112 cm³/mol. The highest BCUT2D eigenvalue weighted by Crippen LogP contribution is 2.35. The highest BCUT2D eigenvalue weighted by molar-refractivity contribution is 5.85. The lowest BCUT2D eigenvalue weighted by molar-refractivity contribution is 0.209. The smallest absolute Gasteiger partial charge is 0.126 e. The van der Waals surface area contributed by atoms with E-state index in [1.165, 1.54) is 0 Å². The molecule has 3 heteroatoms. The van der Waals surface area contributed by atoms with E-state index in [0.29, 0.717) is 12.4 Å². The minimum Gasteiger partial charge on any atom is -0.497 e.